The molecule has 1 unspecified atom stereocenters. The number of likely N-dealkylation sites (N-methyl/N-ethyl adjacent to an activating group) is 1. The zero-order chi connectivity index (χ0) is 13.8. The number of para-hydroxylation sites is 1. The number of halogens is 1. The van der Waals surface area contributed by atoms with E-state index in [1.54, 1.807) is 30.1 Å². The molecule has 6 nitrogen and oxygen atoms in total. The number of carbonyl (C=O) groups is 1. The molecule has 0 radical (unpaired) electrons. The second-order valence-electron chi connectivity index (χ2n) is 4.71. The molecule has 2 rings (SSSR count). The summed E-state index contributed by atoms with van der Waals surface area (Å²) in [5.74, 6) is -0.0806. The van der Waals surface area contributed by atoms with Crippen LogP contribution in [0, 0.1) is 10.1 Å². The molecule has 110 valence electrons. The number of carbonyl (C=O) groups excluding carboxylic acids is 1. The summed E-state index contributed by atoms with van der Waals surface area (Å²) >= 11 is 0. The van der Waals surface area contributed by atoms with E-state index in [2.05, 4.69) is 5.32 Å². The molecule has 1 saturated heterocycles. The van der Waals surface area contributed by atoms with Crippen LogP contribution >= 0.6 is 12.4 Å². The lowest BCUT2D eigenvalue weighted by molar-refractivity contribution is -0.385. The molecule has 1 aromatic rings. The summed E-state index contributed by atoms with van der Waals surface area (Å²) in [7, 11) is 1.76. The van der Waals surface area contributed by atoms with Crippen molar-refractivity contribution in [3.63, 3.8) is 0 Å². The summed E-state index contributed by atoms with van der Waals surface area (Å²) in [5.41, 5.74) is 0.476. The number of nitrogens with one attached hydrogen (secondary N) is 1. The number of benzene rings is 1. The van der Waals surface area contributed by atoms with Crippen molar-refractivity contribution < 1.29 is 9.72 Å². The van der Waals surface area contributed by atoms with Crippen LogP contribution in [0.3, 0.4) is 0 Å². The van der Waals surface area contributed by atoms with Crippen molar-refractivity contribution >= 4 is 24.0 Å². The first kappa shape index (κ1) is 16.4. The fourth-order valence-electron chi connectivity index (χ4n) is 2.30. The standard InChI is InChI=1S/C13H17N3O3.ClH/c1-15(11-6-7-14-9-11)13(17)8-10-4-2-3-5-12(10)16(18)19;/h2-5,11,14H,6-9H2,1H3;1H. The van der Waals surface area contributed by atoms with Gasteiger partial charge in [0.15, 0.2) is 0 Å². The largest absolute Gasteiger partial charge is 0.341 e. The van der Waals surface area contributed by atoms with Gasteiger partial charge in [0.05, 0.1) is 11.3 Å². The molecule has 0 aliphatic carbocycles. The third-order valence-corrected chi connectivity index (χ3v) is 3.51. The van der Waals surface area contributed by atoms with Crippen molar-refractivity contribution in [1.82, 2.24) is 10.2 Å². The van der Waals surface area contributed by atoms with Gasteiger partial charge in [0.25, 0.3) is 5.69 Å². The molecule has 0 bridgehead atoms. The van der Waals surface area contributed by atoms with Crippen LogP contribution in [0.1, 0.15) is 12.0 Å². The fraction of sp³-hybridized carbons (Fsp3) is 0.462. The van der Waals surface area contributed by atoms with Gasteiger partial charge >= 0.3 is 0 Å². The fourth-order valence-corrected chi connectivity index (χ4v) is 2.30. The van der Waals surface area contributed by atoms with E-state index in [4.69, 9.17) is 0 Å². The highest BCUT2D eigenvalue weighted by Crippen LogP contribution is 2.19. The molecule has 7 heteroatoms. The highest BCUT2D eigenvalue weighted by atomic mass is 35.5. The van der Waals surface area contributed by atoms with E-state index in [-0.39, 0.29) is 36.5 Å². The van der Waals surface area contributed by atoms with Crippen molar-refractivity contribution in [2.24, 2.45) is 0 Å². The maximum atomic E-state index is 12.1. The molecule has 0 spiro atoms. The van der Waals surface area contributed by atoms with Crippen molar-refractivity contribution in [2.75, 3.05) is 20.1 Å². The predicted octanol–water partition coefficient (Wildman–Crippen LogP) is 1.38. The van der Waals surface area contributed by atoms with Crippen molar-refractivity contribution in [3.8, 4) is 0 Å². The molecule has 0 saturated carbocycles. The summed E-state index contributed by atoms with van der Waals surface area (Å²) in [6.07, 6.45) is 1.00. The second-order valence-corrected chi connectivity index (χ2v) is 4.71. The van der Waals surface area contributed by atoms with Crippen LogP contribution in [-0.2, 0) is 11.2 Å². The lowest BCUT2D eigenvalue weighted by Gasteiger charge is -2.23. The Morgan fingerprint density at radius 2 is 2.20 bits per heavy atom. The van der Waals surface area contributed by atoms with Crippen LogP contribution in [-0.4, -0.2) is 41.9 Å². The maximum absolute atomic E-state index is 12.1. The third kappa shape index (κ3) is 3.68. The lowest BCUT2D eigenvalue weighted by Crippen LogP contribution is -2.39. The number of hydrogen-bond donors (Lipinski definition) is 1. The number of nitro benzene ring substituents is 1. The molecule has 1 atom stereocenters. The predicted molar refractivity (Wildman–Crippen MR) is 78.1 cm³/mol. The summed E-state index contributed by atoms with van der Waals surface area (Å²) in [6.45, 7) is 1.70. The highest BCUT2D eigenvalue weighted by Gasteiger charge is 2.24. The molecule has 1 fully saturated rings. The van der Waals surface area contributed by atoms with Gasteiger partial charge in [-0.2, -0.15) is 0 Å². The summed E-state index contributed by atoms with van der Waals surface area (Å²) < 4.78 is 0. The Kier molecular flexibility index (Phi) is 5.91. The Bertz CT molecular complexity index is 490. The SMILES string of the molecule is CN(C(=O)Cc1ccccc1[N+](=O)[O-])C1CCNC1.Cl. The first-order valence-corrected chi connectivity index (χ1v) is 6.28. The van der Waals surface area contributed by atoms with Gasteiger partial charge in [-0.1, -0.05) is 18.2 Å². The van der Waals surface area contributed by atoms with Gasteiger partial charge in [-0.3, -0.25) is 14.9 Å². The smallest absolute Gasteiger partial charge is 0.273 e. The van der Waals surface area contributed by atoms with E-state index in [0.29, 0.717) is 5.56 Å². The Morgan fingerprint density at radius 3 is 2.80 bits per heavy atom. The lowest BCUT2D eigenvalue weighted by atomic mass is 10.1. The Hall–Kier alpha value is -1.66. The summed E-state index contributed by atoms with van der Waals surface area (Å²) in [6, 6.07) is 6.58. The minimum atomic E-state index is -0.445. The average Bonchev–Trinajstić information content (AvgIpc) is 2.92. The number of nitro groups is 1. The molecule has 20 heavy (non-hydrogen) atoms. The van der Waals surface area contributed by atoms with Gasteiger partial charge in [0.1, 0.15) is 0 Å². The van der Waals surface area contributed by atoms with Crippen LogP contribution in [0.25, 0.3) is 0 Å². The van der Waals surface area contributed by atoms with E-state index in [1.165, 1.54) is 6.07 Å². The van der Waals surface area contributed by atoms with E-state index < -0.39 is 4.92 Å². The van der Waals surface area contributed by atoms with Gasteiger partial charge in [-0.15, -0.1) is 12.4 Å². The van der Waals surface area contributed by atoms with E-state index in [1.807, 2.05) is 0 Å². The van der Waals surface area contributed by atoms with Crippen LogP contribution in [0.4, 0.5) is 5.69 Å². The van der Waals surface area contributed by atoms with Crippen LogP contribution in [0.2, 0.25) is 0 Å². The van der Waals surface area contributed by atoms with Crippen LogP contribution in [0.5, 0.6) is 0 Å². The Morgan fingerprint density at radius 1 is 1.50 bits per heavy atom. The molecule has 1 N–H and O–H groups in total. The molecule has 1 amide bonds. The third-order valence-electron chi connectivity index (χ3n) is 3.51. The molecule has 0 aromatic heterocycles. The minimum Gasteiger partial charge on any atom is -0.341 e. The quantitative estimate of drug-likeness (QED) is 0.673. The minimum absolute atomic E-state index is 0. The summed E-state index contributed by atoms with van der Waals surface area (Å²) in [5, 5.41) is 14.1. The Balaban J connectivity index is 0.00000200. The van der Waals surface area contributed by atoms with Gasteiger partial charge < -0.3 is 10.2 Å². The van der Waals surface area contributed by atoms with Crippen molar-refractivity contribution in [1.29, 1.82) is 0 Å². The van der Waals surface area contributed by atoms with Gasteiger partial charge in [-0.05, 0) is 13.0 Å². The van der Waals surface area contributed by atoms with Crippen LogP contribution < -0.4 is 5.32 Å². The molecule has 1 aliphatic rings. The van der Waals surface area contributed by atoms with E-state index >= 15 is 0 Å². The van der Waals surface area contributed by atoms with Gasteiger partial charge in [0, 0.05) is 31.3 Å². The van der Waals surface area contributed by atoms with Gasteiger partial charge in [-0.25, -0.2) is 0 Å². The Labute approximate surface area is 123 Å². The highest BCUT2D eigenvalue weighted by molar-refractivity contribution is 5.85. The topological polar surface area (TPSA) is 75.5 Å². The van der Waals surface area contributed by atoms with Crippen molar-refractivity contribution in [2.45, 2.75) is 18.9 Å². The van der Waals surface area contributed by atoms with Crippen LogP contribution in [0.15, 0.2) is 24.3 Å². The molecule has 1 aromatic carbocycles. The first-order valence-electron chi connectivity index (χ1n) is 6.28. The summed E-state index contributed by atoms with van der Waals surface area (Å²) in [4.78, 5) is 24.3. The zero-order valence-corrected chi connectivity index (χ0v) is 12.1. The van der Waals surface area contributed by atoms with E-state index in [0.717, 1.165) is 19.5 Å². The van der Waals surface area contributed by atoms with E-state index in [9.17, 15) is 14.9 Å². The van der Waals surface area contributed by atoms with Gasteiger partial charge in [0.2, 0.25) is 5.91 Å². The number of rotatable bonds is 4. The molecule has 1 aliphatic heterocycles. The number of amides is 1. The number of nitrogens with zero attached hydrogens (tertiary/aromatic N) is 2. The molecular weight excluding hydrogens is 282 g/mol. The average molecular weight is 300 g/mol. The van der Waals surface area contributed by atoms with Crippen molar-refractivity contribution in [3.05, 3.63) is 39.9 Å². The molecular formula is C13H18ClN3O3. The first-order chi connectivity index (χ1) is 9.09. The zero-order valence-electron chi connectivity index (χ0n) is 11.2. The molecule has 1 heterocycles. The maximum Gasteiger partial charge on any atom is 0.273 e. The number of hydrogen-bond acceptors (Lipinski definition) is 4. The normalized spacial score (nSPS) is 17.4. The second kappa shape index (κ2) is 7.21. The monoisotopic (exact) mass is 299 g/mol.